The molecule has 4 unspecified atom stereocenters. The van der Waals surface area contributed by atoms with Gasteiger partial charge in [-0.2, -0.15) is 0 Å². The molecule has 0 radical (unpaired) electrons. The van der Waals surface area contributed by atoms with Crippen molar-refractivity contribution in [1.29, 1.82) is 0 Å². The molecule has 0 aliphatic rings. The van der Waals surface area contributed by atoms with Crippen LogP contribution in [0, 0.1) is 0 Å². The number of carbonyl (C=O) groups is 2. The third-order valence-electron chi connectivity index (χ3n) is 1.99. The van der Waals surface area contributed by atoms with Crippen LogP contribution < -0.4 is 5.32 Å². The first kappa shape index (κ1) is 15.7. The number of rotatable bonds is 6. The molecule has 0 aliphatic carbocycles. The molecule has 9 nitrogen and oxygen atoms in total. The highest BCUT2D eigenvalue weighted by atomic mass is 16.4. The number of carbonyl (C=O) groups excluding carboxylic acids is 1. The van der Waals surface area contributed by atoms with Crippen LogP contribution >= 0.6 is 0 Å². The minimum atomic E-state index is -1.84. The average Bonchev–Trinajstić information content (AvgIpc) is 2.32. The Labute approximate surface area is 95.9 Å². The molecule has 17 heavy (non-hydrogen) atoms. The Morgan fingerprint density at radius 2 is 1.47 bits per heavy atom. The summed E-state index contributed by atoms with van der Waals surface area (Å²) in [5.41, 5.74) is 0. The molecular formula is C8H15NO8. The lowest BCUT2D eigenvalue weighted by molar-refractivity contribution is -0.151. The van der Waals surface area contributed by atoms with Gasteiger partial charge in [-0.3, -0.25) is 4.79 Å². The molecule has 4 atom stereocenters. The van der Waals surface area contributed by atoms with Gasteiger partial charge in [-0.05, 0) is 0 Å². The van der Waals surface area contributed by atoms with Gasteiger partial charge < -0.3 is 36.0 Å². The third kappa shape index (κ3) is 5.06. The maximum absolute atomic E-state index is 10.6. The highest BCUT2D eigenvalue weighted by Gasteiger charge is 2.30. The van der Waals surface area contributed by atoms with Gasteiger partial charge in [0.25, 0.3) is 0 Å². The van der Waals surface area contributed by atoms with Crippen LogP contribution in [0.4, 0.5) is 0 Å². The van der Waals surface area contributed by atoms with Crippen molar-refractivity contribution < 1.29 is 40.2 Å². The van der Waals surface area contributed by atoms with Gasteiger partial charge in [0.1, 0.15) is 18.3 Å². The zero-order valence-corrected chi connectivity index (χ0v) is 8.72. The van der Waals surface area contributed by atoms with Crippen molar-refractivity contribution in [1.82, 2.24) is 5.32 Å². The third-order valence-corrected chi connectivity index (χ3v) is 1.99. The molecule has 0 rings (SSSR count). The number of hydrogen-bond acceptors (Lipinski definition) is 7. The minimum absolute atomic E-state index is 0.624. The van der Waals surface area contributed by atoms with Gasteiger partial charge in [0, 0.05) is 6.54 Å². The molecular weight excluding hydrogens is 238 g/mol. The van der Waals surface area contributed by atoms with Crippen LogP contribution in [0.25, 0.3) is 0 Å². The smallest absolute Gasteiger partial charge is 0.394 e. The van der Waals surface area contributed by atoms with Crippen molar-refractivity contribution in [3.63, 3.8) is 0 Å². The molecule has 0 saturated carbocycles. The summed E-state index contributed by atoms with van der Waals surface area (Å²) in [7, 11) is 0. The molecule has 0 aromatic carbocycles. The van der Waals surface area contributed by atoms with Crippen molar-refractivity contribution in [2.75, 3.05) is 13.2 Å². The summed E-state index contributed by atoms with van der Waals surface area (Å²) in [6, 6.07) is 0. The number of aliphatic hydroxyl groups is 5. The lowest BCUT2D eigenvalue weighted by Gasteiger charge is -2.25. The zero-order chi connectivity index (χ0) is 13.6. The molecule has 0 heterocycles. The largest absolute Gasteiger partial charge is 0.474 e. The van der Waals surface area contributed by atoms with E-state index in [1.165, 1.54) is 0 Å². The van der Waals surface area contributed by atoms with Crippen LogP contribution in [0.3, 0.4) is 0 Å². The SMILES string of the molecule is O=C(O)C(=O)NCC(O)C(O)C(O)C(O)CO. The quantitative estimate of drug-likeness (QED) is 0.233. The second-order valence-corrected chi connectivity index (χ2v) is 3.31. The van der Waals surface area contributed by atoms with E-state index in [4.69, 9.17) is 15.3 Å². The molecule has 7 N–H and O–H groups in total. The summed E-state index contributed by atoms with van der Waals surface area (Å²) in [5.74, 6) is -3.14. The van der Waals surface area contributed by atoms with E-state index in [-0.39, 0.29) is 0 Å². The molecule has 0 aliphatic heterocycles. The predicted octanol–water partition coefficient (Wildman–Crippen LogP) is -4.38. The maximum atomic E-state index is 10.6. The van der Waals surface area contributed by atoms with Crippen molar-refractivity contribution in [3.8, 4) is 0 Å². The van der Waals surface area contributed by atoms with Crippen LogP contribution in [-0.4, -0.2) is 80.1 Å². The monoisotopic (exact) mass is 253 g/mol. The van der Waals surface area contributed by atoms with E-state index in [1.54, 1.807) is 5.32 Å². The molecule has 1 amide bonds. The molecule has 0 saturated heterocycles. The second kappa shape index (κ2) is 7.14. The Balaban J connectivity index is 4.18. The summed E-state index contributed by atoms with van der Waals surface area (Å²) in [5, 5.41) is 55.1. The number of nitrogens with one attached hydrogen (secondary N) is 1. The summed E-state index contributed by atoms with van der Waals surface area (Å²) in [6.07, 6.45) is -7.01. The van der Waals surface area contributed by atoms with Crippen molar-refractivity contribution in [2.45, 2.75) is 24.4 Å². The number of aliphatic hydroxyl groups excluding tert-OH is 5. The fourth-order valence-corrected chi connectivity index (χ4v) is 0.957. The molecule has 0 fully saturated rings. The maximum Gasteiger partial charge on any atom is 0.394 e. The van der Waals surface area contributed by atoms with Crippen LogP contribution in [0.15, 0.2) is 0 Å². The second-order valence-electron chi connectivity index (χ2n) is 3.31. The van der Waals surface area contributed by atoms with E-state index in [2.05, 4.69) is 0 Å². The number of carboxylic acid groups (broad SMARTS) is 1. The van der Waals surface area contributed by atoms with Crippen LogP contribution in [-0.2, 0) is 9.59 Å². The van der Waals surface area contributed by atoms with E-state index in [0.29, 0.717) is 0 Å². The molecule has 9 heteroatoms. The Morgan fingerprint density at radius 1 is 1.00 bits per heavy atom. The highest BCUT2D eigenvalue weighted by molar-refractivity contribution is 6.31. The minimum Gasteiger partial charge on any atom is -0.474 e. The van der Waals surface area contributed by atoms with Crippen molar-refractivity contribution >= 4 is 11.9 Å². The van der Waals surface area contributed by atoms with Gasteiger partial charge in [0.05, 0.1) is 12.7 Å². The van der Waals surface area contributed by atoms with Crippen LogP contribution in [0.2, 0.25) is 0 Å². The molecule has 0 aromatic rings. The van der Waals surface area contributed by atoms with E-state index in [9.17, 15) is 24.9 Å². The van der Waals surface area contributed by atoms with E-state index >= 15 is 0 Å². The van der Waals surface area contributed by atoms with Crippen LogP contribution in [0.5, 0.6) is 0 Å². The van der Waals surface area contributed by atoms with E-state index in [1.807, 2.05) is 0 Å². The first-order valence-corrected chi connectivity index (χ1v) is 4.65. The normalized spacial score (nSPS) is 17.9. The molecule has 0 bridgehead atoms. The lowest BCUT2D eigenvalue weighted by atomic mass is 10.0. The van der Waals surface area contributed by atoms with Gasteiger partial charge in [-0.1, -0.05) is 0 Å². The van der Waals surface area contributed by atoms with Crippen LogP contribution in [0.1, 0.15) is 0 Å². The standard InChI is InChI=1S/C8H15NO8/c10-2-4(12)6(14)5(13)3(11)1-9-7(15)8(16)17/h3-6,10-14H,1-2H2,(H,9,15)(H,16,17). The fourth-order valence-electron chi connectivity index (χ4n) is 0.957. The number of hydrogen-bond donors (Lipinski definition) is 7. The first-order chi connectivity index (χ1) is 7.81. The molecule has 0 spiro atoms. The Hall–Kier alpha value is -1.26. The van der Waals surface area contributed by atoms with E-state index in [0.717, 1.165) is 0 Å². The fraction of sp³-hybridized carbons (Fsp3) is 0.750. The lowest BCUT2D eigenvalue weighted by Crippen LogP contribution is -2.50. The van der Waals surface area contributed by atoms with Crippen molar-refractivity contribution in [2.24, 2.45) is 0 Å². The van der Waals surface area contributed by atoms with Gasteiger partial charge in [0.2, 0.25) is 0 Å². The Bertz CT molecular complexity index is 270. The van der Waals surface area contributed by atoms with Gasteiger partial charge in [-0.15, -0.1) is 0 Å². The molecule has 0 aromatic heterocycles. The first-order valence-electron chi connectivity index (χ1n) is 4.65. The highest BCUT2D eigenvalue weighted by Crippen LogP contribution is 2.04. The number of aliphatic carboxylic acids is 1. The molecule has 100 valence electrons. The van der Waals surface area contributed by atoms with Crippen molar-refractivity contribution in [3.05, 3.63) is 0 Å². The zero-order valence-electron chi connectivity index (χ0n) is 8.72. The van der Waals surface area contributed by atoms with Gasteiger partial charge >= 0.3 is 11.9 Å². The predicted molar refractivity (Wildman–Crippen MR) is 51.8 cm³/mol. The summed E-state index contributed by atoms with van der Waals surface area (Å²) < 4.78 is 0. The number of carboxylic acids is 1. The van der Waals surface area contributed by atoms with Gasteiger partial charge in [0.15, 0.2) is 0 Å². The Morgan fingerprint density at radius 3 is 1.88 bits per heavy atom. The number of amides is 1. The summed E-state index contributed by atoms with van der Waals surface area (Å²) in [4.78, 5) is 20.7. The average molecular weight is 253 g/mol. The van der Waals surface area contributed by atoms with E-state index < -0.39 is 49.4 Å². The van der Waals surface area contributed by atoms with Gasteiger partial charge in [-0.25, -0.2) is 4.79 Å². The summed E-state index contributed by atoms with van der Waals surface area (Å²) >= 11 is 0. The Kier molecular flexibility index (Phi) is 6.61. The summed E-state index contributed by atoms with van der Waals surface area (Å²) in [6.45, 7) is -1.45. The topological polar surface area (TPSA) is 168 Å².